The Bertz CT molecular complexity index is 424. The number of halogens is 2. The van der Waals surface area contributed by atoms with Gasteiger partial charge in [-0.3, -0.25) is 0 Å². The zero-order valence-corrected chi connectivity index (χ0v) is 13.3. The van der Waals surface area contributed by atoms with E-state index in [0.717, 1.165) is 35.9 Å². The van der Waals surface area contributed by atoms with Gasteiger partial charge in [0.05, 0.1) is 17.6 Å². The van der Waals surface area contributed by atoms with Crippen LogP contribution in [-0.2, 0) is 9.47 Å². The summed E-state index contributed by atoms with van der Waals surface area (Å²) >= 11 is 10.0. The summed E-state index contributed by atoms with van der Waals surface area (Å²) in [6.07, 6.45) is 12.7. The standard InChI is InChI=1S/C15H18BrClO2/c1-3-5-6-7-12-11(17)8-14-15(19-14)9-13(18-12)10(16)4-2/h1,5-6,11-12,14-15H,4,7-9H2,2H3/b6-5-,13-10+/t11-,12-,14+,15-/m0/s1. The van der Waals surface area contributed by atoms with Crippen LogP contribution in [0.1, 0.15) is 32.6 Å². The normalized spacial score (nSPS) is 36.7. The molecule has 0 aromatic carbocycles. The van der Waals surface area contributed by atoms with Gasteiger partial charge in [-0.25, -0.2) is 0 Å². The van der Waals surface area contributed by atoms with E-state index in [1.165, 1.54) is 0 Å². The van der Waals surface area contributed by atoms with E-state index in [9.17, 15) is 0 Å². The van der Waals surface area contributed by atoms with Gasteiger partial charge >= 0.3 is 0 Å². The summed E-state index contributed by atoms with van der Waals surface area (Å²) in [5, 5.41) is -0.0510. The molecule has 2 aliphatic rings. The first-order valence-electron chi connectivity index (χ1n) is 6.60. The molecule has 0 unspecified atom stereocenters. The molecule has 2 heterocycles. The number of fused-ring (bicyclic) bond motifs is 1. The third kappa shape index (κ3) is 4.02. The lowest BCUT2D eigenvalue weighted by molar-refractivity contribution is 0.0992. The van der Waals surface area contributed by atoms with Crippen molar-refractivity contribution in [2.75, 3.05) is 0 Å². The van der Waals surface area contributed by atoms with Crippen LogP contribution >= 0.6 is 27.5 Å². The lowest BCUT2D eigenvalue weighted by Gasteiger charge is -2.26. The monoisotopic (exact) mass is 344 g/mol. The maximum Gasteiger partial charge on any atom is 0.118 e. The zero-order chi connectivity index (χ0) is 13.8. The van der Waals surface area contributed by atoms with Crippen LogP contribution in [0.4, 0.5) is 0 Å². The van der Waals surface area contributed by atoms with E-state index in [2.05, 4.69) is 28.8 Å². The number of ether oxygens (including phenoxy) is 2. The van der Waals surface area contributed by atoms with Gasteiger partial charge in [-0.2, -0.15) is 0 Å². The molecule has 0 spiro atoms. The van der Waals surface area contributed by atoms with E-state index in [-0.39, 0.29) is 23.7 Å². The topological polar surface area (TPSA) is 21.8 Å². The molecular weight excluding hydrogens is 328 g/mol. The summed E-state index contributed by atoms with van der Waals surface area (Å²) in [5.74, 6) is 3.46. The highest BCUT2D eigenvalue weighted by Gasteiger charge is 2.44. The molecule has 19 heavy (non-hydrogen) atoms. The van der Waals surface area contributed by atoms with Crippen molar-refractivity contribution in [1.82, 2.24) is 0 Å². The van der Waals surface area contributed by atoms with Crippen molar-refractivity contribution in [3.63, 3.8) is 0 Å². The molecule has 4 atom stereocenters. The zero-order valence-electron chi connectivity index (χ0n) is 10.9. The number of hydrogen-bond donors (Lipinski definition) is 0. The smallest absolute Gasteiger partial charge is 0.118 e. The van der Waals surface area contributed by atoms with Crippen molar-refractivity contribution in [3.05, 3.63) is 22.4 Å². The van der Waals surface area contributed by atoms with Gasteiger partial charge < -0.3 is 9.47 Å². The van der Waals surface area contributed by atoms with Crippen LogP contribution in [-0.4, -0.2) is 23.7 Å². The number of rotatable bonds is 3. The number of alkyl halides is 1. The molecule has 0 aromatic rings. The Hall–Kier alpha value is -0.430. The highest BCUT2D eigenvalue weighted by atomic mass is 79.9. The Labute approximate surface area is 128 Å². The largest absolute Gasteiger partial charge is 0.492 e. The predicted molar refractivity (Wildman–Crippen MR) is 81.2 cm³/mol. The van der Waals surface area contributed by atoms with Gasteiger partial charge in [0.1, 0.15) is 11.9 Å². The van der Waals surface area contributed by atoms with Crippen LogP contribution in [0.25, 0.3) is 0 Å². The fraction of sp³-hybridized carbons (Fsp3) is 0.600. The lowest BCUT2D eigenvalue weighted by atomic mass is 10.0. The van der Waals surface area contributed by atoms with Gasteiger partial charge in [0.15, 0.2) is 0 Å². The van der Waals surface area contributed by atoms with Crippen LogP contribution in [0, 0.1) is 12.3 Å². The van der Waals surface area contributed by atoms with E-state index in [1.807, 2.05) is 6.08 Å². The van der Waals surface area contributed by atoms with Crippen molar-refractivity contribution < 1.29 is 9.47 Å². The number of terminal acetylenes is 1. The van der Waals surface area contributed by atoms with Crippen molar-refractivity contribution in [2.45, 2.75) is 56.3 Å². The summed E-state index contributed by atoms with van der Waals surface area (Å²) in [7, 11) is 0. The van der Waals surface area contributed by atoms with Crippen LogP contribution in [0.2, 0.25) is 0 Å². The van der Waals surface area contributed by atoms with Gasteiger partial charge in [0, 0.05) is 17.3 Å². The lowest BCUT2D eigenvalue weighted by Crippen LogP contribution is -2.28. The second-order valence-corrected chi connectivity index (χ2v) is 6.33. The van der Waals surface area contributed by atoms with Crippen molar-refractivity contribution in [2.24, 2.45) is 0 Å². The van der Waals surface area contributed by atoms with Gasteiger partial charge in [0.25, 0.3) is 0 Å². The molecule has 2 rings (SSSR count). The Balaban J connectivity index is 2.11. The second kappa shape index (κ2) is 6.83. The maximum atomic E-state index is 6.44. The van der Waals surface area contributed by atoms with Gasteiger partial charge in [0.2, 0.25) is 0 Å². The maximum absolute atomic E-state index is 6.44. The molecule has 0 bridgehead atoms. The summed E-state index contributed by atoms with van der Waals surface area (Å²) in [6, 6.07) is 0. The van der Waals surface area contributed by atoms with Crippen molar-refractivity contribution in [3.8, 4) is 12.3 Å². The minimum absolute atomic E-state index is 0.0504. The Kier molecular flexibility index (Phi) is 5.38. The quantitative estimate of drug-likeness (QED) is 0.436. The second-order valence-electron chi connectivity index (χ2n) is 4.81. The number of allylic oxidation sites excluding steroid dienone is 2. The Morgan fingerprint density at radius 1 is 1.58 bits per heavy atom. The van der Waals surface area contributed by atoms with E-state index < -0.39 is 0 Å². The minimum atomic E-state index is -0.0510. The van der Waals surface area contributed by atoms with Crippen LogP contribution in [0.5, 0.6) is 0 Å². The SMILES string of the molecule is C#C/C=C\C[C@@H]1O/C(=C(/Br)CC)C[C@@H]2O[C@@H]2C[C@@H]1Cl. The first-order valence-corrected chi connectivity index (χ1v) is 7.83. The van der Waals surface area contributed by atoms with E-state index in [1.54, 1.807) is 6.08 Å². The van der Waals surface area contributed by atoms with Crippen LogP contribution in [0.3, 0.4) is 0 Å². The van der Waals surface area contributed by atoms with E-state index in [0.29, 0.717) is 0 Å². The highest BCUT2D eigenvalue weighted by Crippen LogP contribution is 2.40. The summed E-state index contributed by atoms with van der Waals surface area (Å²) < 4.78 is 12.8. The van der Waals surface area contributed by atoms with E-state index in [4.69, 9.17) is 27.5 Å². The molecule has 2 fully saturated rings. The molecular formula is C15H18BrClO2. The van der Waals surface area contributed by atoms with Gasteiger partial charge in [-0.05, 0) is 18.9 Å². The highest BCUT2D eigenvalue weighted by molar-refractivity contribution is 9.11. The van der Waals surface area contributed by atoms with Gasteiger partial charge in [-0.1, -0.05) is 34.9 Å². The van der Waals surface area contributed by atoms with Crippen LogP contribution in [0.15, 0.2) is 22.4 Å². The average molecular weight is 346 g/mol. The summed E-state index contributed by atoms with van der Waals surface area (Å²) in [6.45, 7) is 2.09. The van der Waals surface area contributed by atoms with Crippen molar-refractivity contribution in [1.29, 1.82) is 0 Å². The average Bonchev–Trinajstić information content (AvgIpc) is 3.11. The van der Waals surface area contributed by atoms with Crippen molar-refractivity contribution >= 4 is 27.5 Å². The predicted octanol–water partition coefficient (Wildman–Crippen LogP) is 4.14. The van der Waals surface area contributed by atoms with Crippen LogP contribution < -0.4 is 0 Å². The fourth-order valence-electron chi connectivity index (χ4n) is 2.26. The molecule has 0 aliphatic carbocycles. The molecule has 0 saturated carbocycles. The molecule has 2 aliphatic heterocycles. The third-order valence-corrected chi connectivity index (χ3v) is 4.89. The third-order valence-electron chi connectivity index (χ3n) is 3.42. The molecule has 4 heteroatoms. The number of hydrogen-bond acceptors (Lipinski definition) is 2. The molecule has 0 aromatic heterocycles. The number of epoxide rings is 1. The molecule has 0 N–H and O–H groups in total. The summed E-state index contributed by atoms with van der Waals surface area (Å²) in [5.41, 5.74) is 0. The molecule has 2 nitrogen and oxygen atoms in total. The molecule has 2 saturated heterocycles. The van der Waals surface area contributed by atoms with Gasteiger partial charge in [-0.15, -0.1) is 18.0 Å². The summed E-state index contributed by atoms with van der Waals surface area (Å²) in [4.78, 5) is 0. The first kappa shape index (κ1) is 15.0. The Morgan fingerprint density at radius 3 is 3.05 bits per heavy atom. The van der Waals surface area contributed by atoms with E-state index >= 15 is 0 Å². The fourth-order valence-corrected chi connectivity index (χ4v) is 2.85. The molecule has 0 amide bonds. The molecule has 0 radical (unpaired) electrons. The Morgan fingerprint density at radius 2 is 2.37 bits per heavy atom. The minimum Gasteiger partial charge on any atom is -0.492 e. The molecule has 104 valence electrons. The first-order chi connectivity index (χ1) is 9.15.